The van der Waals surface area contributed by atoms with Crippen molar-refractivity contribution in [2.45, 2.75) is 24.6 Å². The van der Waals surface area contributed by atoms with Gasteiger partial charge in [-0.15, -0.1) is 24.0 Å². The minimum Gasteiger partial charge on any atom is -0.497 e. The second-order valence-corrected chi connectivity index (χ2v) is 5.26. The van der Waals surface area contributed by atoms with Crippen molar-refractivity contribution in [3.8, 4) is 5.75 Å². The fourth-order valence-electron chi connectivity index (χ4n) is 2.32. The van der Waals surface area contributed by atoms with Crippen molar-refractivity contribution < 1.29 is 4.74 Å². The van der Waals surface area contributed by atoms with Gasteiger partial charge in [-0.25, -0.2) is 0 Å². The van der Waals surface area contributed by atoms with Gasteiger partial charge < -0.3 is 9.64 Å². The molecule has 1 aliphatic rings. The second kappa shape index (κ2) is 7.88. The zero-order chi connectivity index (χ0) is 12.1. The number of rotatable bonds is 4. The summed E-state index contributed by atoms with van der Waals surface area (Å²) in [7, 11) is 1.71. The summed E-state index contributed by atoms with van der Waals surface area (Å²) in [5.41, 5.74) is 1.33. The lowest BCUT2D eigenvalue weighted by Crippen LogP contribution is -2.37. The number of hydrogen-bond donors (Lipinski definition) is 0. The molecule has 0 aromatic heterocycles. The molecule has 4 heteroatoms. The highest BCUT2D eigenvalue weighted by Gasteiger charge is 2.17. The standard InChI is InChI=1S/C14H20ClNO.ClH/c1-17-14-6-2-4-12(10-14)7-9-16-8-3-5-13(15)11-16;/h2,4,6,10,13H,3,5,7-9,11H2,1H3;1H. The van der Waals surface area contributed by atoms with E-state index in [0.717, 1.165) is 31.7 Å². The maximum atomic E-state index is 6.18. The molecule has 0 radical (unpaired) electrons. The monoisotopic (exact) mass is 289 g/mol. The lowest BCUT2D eigenvalue weighted by molar-refractivity contribution is 0.234. The van der Waals surface area contributed by atoms with Gasteiger partial charge in [0.05, 0.1) is 7.11 Å². The Labute approximate surface area is 121 Å². The van der Waals surface area contributed by atoms with E-state index in [0.29, 0.717) is 5.38 Å². The van der Waals surface area contributed by atoms with Crippen LogP contribution < -0.4 is 4.74 Å². The van der Waals surface area contributed by atoms with Gasteiger partial charge in [0.15, 0.2) is 0 Å². The molecule has 0 bridgehead atoms. The van der Waals surface area contributed by atoms with Crippen LogP contribution in [0.4, 0.5) is 0 Å². The average Bonchev–Trinajstić information content (AvgIpc) is 2.37. The van der Waals surface area contributed by atoms with Crippen molar-refractivity contribution >= 4 is 24.0 Å². The van der Waals surface area contributed by atoms with Crippen LogP contribution in [-0.4, -0.2) is 37.0 Å². The third-order valence-corrected chi connectivity index (χ3v) is 3.66. The van der Waals surface area contributed by atoms with Crippen LogP contribution in [0, 0.1) is 0 Å². The zero-order valence-corrected chi connectivity index (χ0v) is 12.3. The van der Waals surface area contributed by atoms with Crippen molar-refractivity contribution in [3.05, 3.63) is 29.8 Å². The van der Waals surface area contributed by atoms with Crippen LogP contribution in [0.25, 0.3) is 0 Å². The molecule has 1 aromatic rings. The van der Waals surface area contributed by atoms with E-state index in [2.05, 4.69) is 23.1 Å². The molecule has 18 heavy (non-hydrogen) atoms. The minimum atomic E-state index is 0. The molecule has 1 heterocycles. The van der Waals surface area contributed by atoms with E-state index in [9.17, 15) is 0 Å². The summed E-state index contributed by atoms with van der Waals surface area (Å²) in [6, 6.07) is 8.31. The molecule has 0 aliphatic carbocycles. The van der Waals surface area contributed by atoms with Gasteiger partial charge >= 0.3 is 0 Å². The van der Waals surface area contributed by atoms with Crippen molar-refractivity contribution in [3.63, 3.8) is 0 Å². The van der Waals surface area contributed by atoms with Crippen LogP contribution in [0.2, 0.25) is 0 Å². The molecule has 2 nitrogen and oxygen atoms in total. The van der Waals surface area contributed by atoms with E-state index in [1.54, 1.807) is 7.11 Å². The molecule has 1 aromatic carbocycles. The van der Waals surface area contributed by atoms with Crippen molar-refractivity contribution in [2.75, 3.05) is 26.7 Å². The molecule has 1 aliphatic heterocycles. The number of methoxy groups -OCH3 is 1. The predicted octanol–water partition coefficient (Wildman–Crippen LogP) is 3.36. The van der Waals surface area contributed by atoms with Gasteiger partial charge in [0, 0.05) is 18.5 Å². The number of hydrogen-bond acceptors (Lipinski definition) is 2. The quantitative estimate of drug-likeness (QED) is 0.788. The summed E-state index contributed by atoms with van der Waals surface area (Å²) in [6.45, 7) is 3.31. The van der Waals surface area contributed by atoms with E-state index >= 15 is 0 Å². The van der Waals surface area contributed by atoms with Gasteiger partial charge in [0.1, 0.15) is 5.75 Å². The van der Waals surface area contributed by atoms with E-state index in [1.807, 2.05) is 6.07 Å². The van der Waals surface area contributed by atoms with Gasteiger partial charge in [-0.2, -0.15) is 0 Å². The second-order valence-electron chi connectivity index (χ2n) is 4.64. The summed E-state index contributed by atoms with van der Waals surface area (Å²) < 4.78 is 5.23. The summed E-state index contributed by atoms with van der Waals surface area (Å²) >= 11 is 6.18. The number of alkyl halides is 1. The molecule has 0 amide bonds. The molecule has 2 rings (SSSR count). The van der Waals surface area contributed by atoms with E-state index in [4.69, 9.17) is 16.3 Å². The number of piperidine rings is 1. The SMILES string of the molecule is COc1cccc(CCN2CCCC(Cl)C2)c1.Cl. The summed E-state index contributed by atoms with van der Waals surface area (Å²) in [4.78, 5) is 2.46. The highest BCUT2D eigenvalue weighted by atomic mass is 35.5. The van der Waals surface area contributed by atoms with Gasteiger partial charge in [0.2, 0.25) is 0 Å². The Morgan fingerprint density at radius 2 is 2.28 bits per heavy atom. The lowest BCUT2D eigenvalue weighted by atomic mass is 10.1. The van der Waals surface area contributed by atoms with Crippen LogP contribution in [0.15, 0.2) is 24.3 Å². The van der Waals surface area contributed by atoms with Gasteiger partial charge in [-0.3, -0.25) is 0 Å². The van der Waals surface area contributed by atoms with Gasteiger partial charge in [0.25, 0.3) is 0 Å². The molecule has 1 saturated heterocycles. The van der Waals surface area contributed by atoms with Crippen LogP contribution in [0.1, 0.15) is 18.4 Å². The van der Waals surface area contributed by atoms with Crippen LogP contribution in [-0.2, 0) is 6.42 Å². The normalized spacial score (nSPS) is 20.2. The summed E-state index contributed by atoms with van der Waals surface area (Å²) in [5, 5.41) is 0.342. The molecule has 1 unspecified atom stereocenters. The smallest absolute Gasteiger partial charge is 0.119 e. The topological polar surface area (TPSA) is 12.5 Å². The van der Waals surface area contributed by atoms with Crippen molar-refractivity contribution in [1.82, 2.24) is 4.90 Å². The van der Waals surface area contributed by atoms with Crippen LogP contribution >= 0.6 is 24.0 Å². The van der Waals surface area contributed by atoms with Gasteiger partial charge in [-0.1, -0.05) is 12.1 Å². The lowest BCUT2D eigenvalue weighted by Gasteiger charge is -2.29. The minimum absolute atomic E-state index is 0. The maximum absolute atomic E-state index is 6.18. The van der Waals surface area contributed by atoms with E-state index in [-0.39, 0.29) is 12.4 Å². The molecule has 1 fully saturated rings. The number of nitrogens with zero attached hydrogens (tertiary/aromatic N) is 1. The Hall–Kier alpha value is -0.440. The zero-order valence-electron chi connectivity index (χ0n) is 10.8. The maximum Gasteiger partial charge on any atom is 0.119 e. The first-order valence-electron chi connectivity index (χ1n) is 6.27. The Morgan fingerprint density at radius 3 is 3.00 bits per heavy atom. The molecule has 1 atom stereocenters. The van der Waals surface area contributed by atoms with Gasteiger partial charge in [-0.05, 0) is 43.5 Å². The largest absolute Gasteiger partial charge is 0.497 e. The first-order valence-corrected chi connectivity index (χ1v) is 6.71. The average molecular weight is 290 g/mol. The third kappa shape index (κ3) is 4.68. The molecule has 0 N–H and O–H groups in total. The summed E-state index contributed by atoms with van der Waals surface area (Å²) in [5.74, 6) is 0.941. The van der Waals surface area contributed by atoms with E-state index < -0.39 is 0 Å². The Bertz CT molecular complexity index is 359. The van der Waals surface area contributed by atoms with Crippen LogP contribution in [0.3, 0.4) is 0 Å². The first-order chi connectivity index (χ1) is 8.28. The Morgan fingerprint density at radius 1 is 1.44 bits per heavy atom. The number of halogens is 2. The molecule has 102 valence electrons. The predicted molar refractivity (Wildman–Crippen MR) is 79.3 cm³/mol. The van der Waals surface area contributed by atoms with Crippen LogP contribution in [0.5, 0.6) is 5.75 Å². The number of likely N-dealkylation sites (tertiary alicyclic amines) is 1. The van der Waals surface area contributed by atoms with Crippen molar-refractivity contribution in [2.24, 2.45) is 0 Å². The molecule has 0 saturated carbocycles. The fraction of sp³-hybridized carbons (Fsp3) is 0.571. The number of benzene rings is 1. The first kappa shape index (κ1) is 15.6. The highest BCUT2D eigenvalue weighted by molar-refractivity contribution is 6.20. The van der Waals surface area contributed by atoms with Crippen molar-refractivity contribution in [1.29, 1.82) is 0 Å². The number of ether oxygens (including phenoxy) is 1. The Kier molecular flexibility index (Phi) is 6.83. The summed E-state index contributed by atoms with van der Waals surface area (Å²) in [6.07, 6.45) is 3.46. The highest BCUT2D eigenvalue weighted by Crippen LogP contribution is 2.17. The van der Waals surface area contributed by atoms with E-state index in [1.165, 1.54) is 18.5 Å². The Balaban J connectivity index is 0.00000162. The molecular weight excluding hydrogens is 269 g/mol. The fourth-order valence-corrected chi connectivity index (χ4v) is 2.67. The molecular formula is C14H21Cl2NO. The third-order valence-electron chi connectivity index (χ3n) is 3.30. The molecule has 0 spiro atoms.